The third-order valence-corrected chi connectivity index (χ3v) is 4.01. The molecule has 0 spiro atoms. The molecule has 1 saturated carbocycles. The molecule has 1 aromatic rings. The van der Waals surface area contributed by atoms with Crippen LogP contribution in [0.5, 0.6) is 0 Å². The molecule has 2 N–H and O–H groups in total. The highest BCUT2D eigenvalue weighted by Crippen LogP contribution is 2.34. The molecule has 1 aromatic heterocycles. The Morgan fingerprint density at radius 3 is 2.61 bits per heavy atom. The molecule has 18 heavy (non-hydrogen) atoms. The zero-order valence-corrected chi connectivity index (χ0v) is 13.0. The van der Waals surface area contributed by atoms with E-state index in [4.69, 9.17) is 5.73 Å². The van der Waals surface area contributed by atoms with E-state index < -0.39 is 5.54 Å². The second kappa shape index (κ2) is 6.70. The highest BCUT2D eigenvalue weighted by molar-refractivity contribution is 7.11. The minimum absolute atomic E-state index is 0. The summed E-state index contributed by atoms with van der Waals surface area (Å²) in [5.74, 6) is 0.0424. The summed E-state index contributed by atoms with van der Waals surface area (Å²) in [6, 6.07) is 0. The van der Waals surface area contributed by atoms with Gasteiger partial charge in [0.15, 0.2) is 0 Å². The summed E-state index contributed by atoms with van der Waals surface area (Å²) in [6.07, 6.45) is 4.51. The summed E-state index contributed by atoms with van der Waals surface area (Å²) in [5.41, 5.74) is 5.30. The molecule has 1 aliphatic carbocycles. The van der Waals surface area contributed by atoms with Gasteiger partial charge in [-0.1, -0.05) is 6.92 Å². The van der Waals surface area contributed by atoms with E-state index in [-0.39, 0.29) is 30.7 Å². The van der Waals surface area contributed by atoms with Crippen molar-refractivity contribution in [2.24, 2.45) is 5.73 Å². The minimum atomic E-state index is -0.570. The van der Waals surface area contributed by atoms with Gasteiger partial charge < -0.3 is 10.6 Å². The topological polar surface area (TPSA) is 59.2 Å². The Kier molecular flexibility index (Phi) is 6.57. The molecule has 0 atom stereocenters. The van der Waals surface area contributed by atoms with Crippen LogP contribution in [0.15, 0.2) is 6.20 Å². The van der Waals surface area contributed by atoms with E-state index in [1.165, 1.54) is 4.88 Å². The average molecular weight is 312 g/mol. The molecule has 2 rings (SSSR count). The van der Waals surface area contributed by atoms with Crippen LogP contribution in [0.25, 0.3) is 0 Å². The molecule has 0 aliphatic heterocycles. The third-order valence-electron chi connectivity index (χ3n) is 2.88. The number of likely N-dealkylation sites (N-methyl/N-ethyl adjacent to an activating group) is 1. The van der Waals surface area contributed by atoms with E-state index >= 15 is 0 Å². The van der Waals surface area contributed by atoms with Crippen molar-refractivity contribution in [1.82, 2.24) is 9.88 Å². The zero-order valence-electron chi connectivity index (χ0n) is 10.5. The lowest BCUT2D eigenvalue weighted by molar-refractivity contribution is -0.132. The Balaban J connectivity index is 0.00000144. The van der Waals surface area contributed by atoms with Crippen LogP contribution in [0.3, 0.4) is 0 Å². The summed E-state index contributed by atoms with van der Waals surface area (Å²) in [5, 5.41) is 0.983. The standard InChI is InChI=1S/C11H17N3OS.2ClH/c1-3-8-6-13-9(16-8)7-14(2)10(15)11(12)4-5-11;;/h6H,3-5,7,12H2,1-2H3;2*1H. The van der Waals surface area contributed by atoms with Gasteiger partial charge in [-0.3, -0.25) is 4.79 Å². The Hall–Kier alpha value is -0.360. The van der Waals surface area contributed by atoms with Crippen molar-refractivity contribution in [1.29, 1.82) is 0 Å². The normalized spacial score (nSPS) is 15.3. The monoisotopic (exact) mass is 311 g/mol. The van der Waals surface area contributed by atoms with Crippen LogP contribution in [0, 0.1) is 0 Å². The molecule has 1 aliphatic rings. The van der Waals surface area contributed by atoms with E-state index in [0.29, 0.717) is 6.54 Å². The molecule has 7 heteroatoms. The maximum Gasteiger partial charge on any atom is 0.242 e. The Labute approximate surface area is 124 Å². The van der Waals surface area contributed by atoms with Crippen molar-refractivity contribution in [2.45, 2.75) is 38.3 Å². The van der Waals surface area contributed by atoms with Crippen LogP contribution in [-0.4, -0.2) is 28.4 Å². The van der Waals surface area contributed by atoms with Gasteiger partial charge in [0.2, 0.25) is 5.91 Å². The molecule has 0 bridgehead atoms. The highest BCUT2D eigenvalue weighted by atomic mass is 35.5. The molecule has 0 radical (unpaired) electrons. The average Bonchev–Trinajstić information content (AvgIpc) is 2.86. The number of nitrogens with zero attached hydrogens (tertiary/aromatic N) is 2. The van der Waals surface area contributed by atoms with Crippen LogP contribution in [0.4, 0.5) is 0 Å². The van der Waals surface area contributed by atoms with Gasteiger partial charge in [-0.15, -0.1) is 36.2 Å². The number of rotatable bonds is 4. The second-order valence-electron chi connectivity index (χ2n) is 4.39. The number of aromatic nitrogens is 1. The van der Waals surface area contributed by atoms with Crippen LogP contribution >= 0.6 is 36.2 Å². The van der Waals surface area contributed by atoms with Gasteiger partial charge in [0.1, 0.15) is 5.01 Å². The van der Waals surface area contributed by atoms with E-state index in [9.17, 15) is 4.79 Å². The van der Waals surface area contributed by atoms with E-state index in [2.05, 4.69) is 11.9 Å². The van der Waals surface area contributed by atoms with Crippen molar-refractivity contribution in [3.05, 3.63) is 16.1 Å². The number of carbonyl (C=O) groups is 1. The lowest BCUT2D eigenvalue weighted by Crippen LogP contribution is -2.43. The van der Waals surface area contributed by atoms with Crippen molar-refractivity contribution in [3.8, 4) is 0 Å². The summed E-state index contributed by atoms with van der Waals surface area (Å²) in [4.78, 5) is 19.1. The molecular weight excluding hydrogens is 293 g/mol. The Morgan fingerprint density at radius 1 is 1.56 bits per heavy atom. The first kappa shape index (κ1) is 17.6. The maximum absolute atomic E-state index is 11.9. The molecule has 0 saturated heterocycles. The number of hydrogen-bond donors (Lipinski definition) is 1. The van der Waals surface area contributed by atoms with Crippen molar-refractivity contribution in [3.63, 3.8) is 0 Å². The maximum atomic E-state index is 11.9. The smallest absolute Gasteiger partial charge is 0.242 e. The minimum Gasteiger partial charge on any atom is -0.337 e. The van der Waals surface area contributed by atoms with Crippen LogP contribution in [0.2, 0.25) is 0 Å². The molecule has 1 heterocycles. The fourth-order valence-electron chi connectivity index (χ4n) is 1.59. The molecule has 1 fully saturated rings. The SMILES string of the molecule is CCc1cnc(CN(C)C(=O)C2(N)CC2)s1.Cl.Cl. The number of carbonyl (C=O) groups excluding carboxylic acids is 1. The van der Waals surface area contributed by atoms with Gasteiger partial charge in [0, 0.05) is 18.1 Å². The fourth-order valence-corrected chi connectivity index (χ4v) is 2.50. The molecule has 4 nitrogen and oxygen atoms in total. The summed E-state index contributed by atoms with van der Waals surface area (Å²) in [6.45, 7) is 2.67. The highest BCUT2D eigenvalue weighted by Gasteiger charge is 2.47. The number of nitrogens with two attached hydrogens (primary N) is 1. The lowest BCUT2D eigenvalue weighted by atomic mass is 10.2. The fraction of sp³-hybridized carbons (Fsp3) is 0.636. The van der Waals surface area contributed by atoms with Gasteiger partial charge in [0.05, 0.1) is 12.1 Å². The summed E-state index contributed by atoms with van der Waals surface area (Å²) in [7, 11) is 1.79. The van der Waals surface area contributed by atoms with Gasteiger partial charge >= 0.3 is 0 Å². The zero-order chi connectivity index (χ0) is 11.8. The van der Waals surface area contributed by atoms with E-state index in [0.717, 1.165) is 24.3 Å². The first-order chi connectivity index (χ1) is 7.55. The predicted octanol–water partition coefficient (Wildman–Crippen LogP) is 2.00. The van der Waals surface area contributed by atoms with E-state index in [1.54, 1.807) is 23.3 Å². The van der Waals surface area contributed by atoms with Crippen LogP contribution < -0.4 is 5.73 Å². The van der Waals surface area contributed by atoms with Crippen molar-refractivity contribution in [2.75, 3.05) is 7.05 Å². The number of aryl methyl sites for hydroxylation is 1. The molecule has 0 unspecified atom stereocenters. The number of thiazole rings is 1. The number of hydrogen-bond acceptors (Lipinski definition) is 4. The van der Waals surface area contributed by atoms with Gasteiger partial charge in [0.25, 0.3) is 0 Å². The van der Waals surface area contributed by atoms with Gasteiger partial charge in [-0.05, 0) is 19.3 Å². The molecule has 1 amide bonds. The van der Waals surface area contributed by atoms with Gasteiger partial charge in [-0.2, -0.15) is 0 Å². The third kappa shape index (κ3) is 3.82. The first-order valence-corrected chi connectivity index (χ1v) is 6.35. The molecule has 104 valence electrons. The van der Waals surface area contributed by atoms with Crippen molar-refractivity contribution >= 4 is 42.1 Å². The summed E-state index contributed by atoms with van der Waals surface area (Å²) < 4.78 is 0. The molecular formula is C11H19Cl2N3OS. The van der Waals surface area contributed by atoms with Crippen LogP contribution in [-0.2, 0) is 17.8 Å². The van der Waals surface area contributed by atoms with Crippen LogP contribution in [0.1, 0.15) is 29.7 Å². The van der Waals surface area contributed by atoms with Gasteiger partial charge in [-0.25, -0.2) is 4.98 Å². The Bertz CT molecular complexity index is 407. The van der Waals surface area contributed by atoms with Crippen molar-refractivity contribution < 1.29 is 4.79 Å². The molecule has 0 aromatic carbocycles. The quantitative estimate of drug-likeness (QED) is 0.925. The second-order valence-corrected chi connectivity index (χ2v) is 5.59. The number of halogens is 2. The lowest BCUT2D eigenvalue weighted by Gasteiger charge is -2.19. The Morgan fingerprint density at radius 2 is 2.17 bits per heavy atom. The summed E-state index contributed by atoms with van der Waals surface area (Å²) >= 11 is 1.66. The number of amides is 1. The largest absolute Gasteiger partial charge is 0.337 e. The van der Waals surface area contributed by atoms with E-state index in [1.807, 2.05) is 6.20 Å². The first-order valence-electron chi connectivity index (χ1n) is 5.53. The predicted molar refractivity (Wildman–Crippen MR) is 78.6 cm³/mol.